The van der Waals surface area contributed by atoms with Crippen molar-refractivity contribution in [3.8, 4) is 5.69 Å². The molecule has 2 aromatic rings. The molecule has 0 saturated carbocycles. The van der Waals surface area contributed by atoms with Crippen molar-refractivity contribution in [3.05, 3.63) is 45.3 Å². The molecular weight excluding hydrogens is 392 g/mol. The summed E-state index contributed by atoms with van der Waals surface area (Å²) in [5.74, 6) is 0.505. The summed E-state index contributed by atoms with van der Waals surface area (Å²) in [5.41, 5.74) is 1.36. The van der Waals surface area contributed by atoms with Gasteiger partial charge in [0.15, 0.2) is 5.16 Å². The standard InChI is InChI=1S/C18H19ClN2O3S2/c1-4-24-16(23)18(2,3)26-17-20-13-9-10-25-14(13)15(22)21(17)12-7-5-11(19)6-8-12/h5-8H,4,9-10H2,1-3H3. The number of thioether (sulfide) groups is 2. The Morgan fingerprint density at radius 3 is 2.73 bits per heavy atom. The van der Waals surface area contributed by atoms with Crippen LogP contribution in [0, 0.1) is 0 Å². The molecule has 1 aliphatic rings. The Bertz CT molecular complexity index is 895. The number of halogens is 1. The molecule has 26 heavy (non-hydrogen) atoms. The van der Waals surface area contributed by atoms with E-state index in [2.05, 4.69) is 0 Å². The fourth-order valence-corrected chi connectivity index (χ4v) is 4.74. The van der Waals surface area contributed by atoms with Crippen LogP contribution in [0.15, 0.2) is 39.1 Å². The van der Waals surface area contributed by atoms with Crippen LogP contribution in [0.25, 0.3) is 5.69 Å². The van der Waals surface area contributed by atoms with E-state index in [1.807, 2.05) is 0 Å². The minimum atomic E-state index is -0.871. The van der Waals surface area contributed by atoms with Gasteiger partial charge in [-0.3, -0.25) is 14.2 Å². The second-order valence-corrected chi connectivity index (χ2v) is 9.35. The molecule has 0 bridgehead atoms. The van der Waals surface area contributed by atoms with Crippen molar-refractivity contribution >= 4 is 41.1 Å². The molecule has 1 aromatic carbocycles. The maximum absolute atomic E-state index is 13.1. The molecule has 0 atom stereocenters. The summed E-state index contributed by atoms with van der Waals surface area (Å²) in [5, 5.41) is 1.07. The number of carbonyl (C=O) groups excluding carboxylic acids is 1. The molecule has 0 amide bonds. The summed E-state index contributed by atoms with van der Waals surface area (Å²) in [6.07, 6.45) is 0.754. The molecule has 1 aliphatic heterocycles. The summed E-state index contributed by atoms with van der Waals surface area (Å²) in [6.45, 7) is 5.63. The first-order chi connectivity index (χ1) is 12.3. The number of esters is 1. The highest BCUT2D eigenvalue weighted by Gasteiger charge is 2.34. The van der Waals surface area contributed by atoms with Crippen molar-refractivity contribution < 1.29 is 9.53 Å². The number of ether oxygens (including phenoxy) is 1. The maximum atomic E-state index is 13.1. The van der Waals surface area contributed by atoms with Gasteiger partial charge in [-0.25, -0.2) is 4.98 Å². The molecule has 0 saturated heterocycles. The molecule has 0 N–H and O–H groups in total. The van der Waals surface area contributed by atoms with Crippen molar-refractivity contribution in [2.75, 3.05) is 12.4 Å². The van der Waals surface area contributed by atoms with E-state index >= 15 is 0 Å². The molecule has 0 fully saturated rings. The van der Waals surface area contributed by atoms with Gasteiger partial charge in [0.1, 0.15) is 4.75 Å². The molecule has 1 aromatic heterocycles. The van der Waals surface area contributed by atoms with E-state index in [0.29, 0.717) is 27.4 Å². The Balaban J connectivity index is 2.12. The smallest absolute Gasteiger partial charge is 0.322 e. The molecule has 5 nitrogen and oxygen atoms in total. The van der Waals surface area contributed by atoms with Crippen molar-refractivity contribution in [2.24, 2.45) is 0 Å². The number of benzene rings is 1. The highest BCUT2D eigenvalue weighted by Crippen LogP contribution is 2.36. The zero-order chi connectivity index (χ0) is 18.9. The topological polar surface area (TPSA) is 61.2 Å². The molecule has 3 rings (SSSR count). The second kappa shape index (κ2) is 7.66. The Labute approximate surface area is 165 Å². The molecule has 0 spiro atoms. The van der Waals surface area contributed by atoms with Crippen molar-refractivity contribution in [2.45, 2.75) is 42.0 Å². The Kier molecular flexibility index (Phi) is 5.69. The largest absolute Gasteiger partial charge is 0.465 e. The quantitative estimate of drug-likeness (QED) is 0.422. The third kappa shape index (κ3) is 3.80. The molecule has 8 heteroatoms. The average Bonchev–Trinajstić information content (AvgIpc) is 3.05. The van der Waals surface area contributed by atoms with Gasteiger partial charge in [0.25, 0.3) is 5.56 Å². The lowest BCUT2D eigenvalue weighted by Crippen LogP contribution is -2.32. The van der Waals surface area contributed by atoms with Crippen LogP contribution in [0.5, 0.6) is 0 Å². The van der Waals surface area contributed by atoms with Crippen LogP contribution in [0.4, 0.5) is 0 Å². The van der Waals surface area contributed by atoms with Gasteiger partial charge >= 0.3 is 5.97 Å². The lowest BCUT2D eigenvalue weighted by molar-refractivity contribution is -0.145. The monoisotopic (exact) mass is 410 g/mol. The van der Waals surface area contributed by atoms with Crippen LogP contribution in [-0.4, -0.2) is 32.6 Å². The maximum Gasteiger partial charge on any atom is 0.322 e. The van der Waals surface area contributed by atoms with Gasteiger partial charge in [-0.05, 0) is 45.0 Å². The fraction of sp³-hybridized carbons (Fsp3) is 0.389. The Morgan fingerprint density at radius 2 is 2.08 bits per heavy atom. The van der Waals surface area contributed by atoms with Crippen LogP contribution in [0.3, 0.4) is 0 Å². The number of nitrogens with zero attached hydrogens (tertiary/aromatic N) is 2. The average molecular weight is 411 g/mol. The highest BCUT2D eigenvalue weighted by atomic mass is 35.5. The number of fused-ring (bicyclic) bond motifs is 1. The molecular formula is C18H19ClN2O3S2. The van der Waals surface area contributed by atoms with E-state index in [4.69, 9.17) is 21.3 Å². The van der Waals surface area contributed by atoms with Crippen LogP contribution >= 0.6 is 35.1 Å². The zero-order valence-electron chi connectivity index (χ0n) is 14.7. The van der Waals surface area contributed by atoms with E-state index in [-0.39, 0.29) is 11.5 Å². The van der Waals surface area contributed by atoms with E-state index in [9.17, 15) is 9.59 Å². The first-order valence-corrected chi connectivity index (χ1v) is 10.4. The van der Waals surface area contributed by atoms with Crippen molar-refractivity contribution in [3.63, 3.8) is 0 Å². The van der Waals surface area contributed by atoms with Gasteiger partial charge in [0.2, 0.25) is 0 Å². The van der Waals surface area contributed by atoms with Gasteiger partial charge in [-0.1, -0.05) is 23.4 Å². The predicted molar refractivity (Wildman–Crippen MR) is 106 cm³/mol. The normalized spacial score (nSPS) is 13.5. The lowest BCUT2D eigenvalue weighted by Gasteiger charge is -2.23. The van der Waals surface area contributed by atoms with Gasteiger partial charge in [0, 0.05) is 17.2 Å². The fourth-order valence-electron chi connectivity index (χ4n) is 2.55. The summed E-state index contributed by atoms with van der Waals surface area (Å²) < 4.78 is 5.85. The van der Waals surface area contributed by atoms with Crippen molar-refractivity contribution in [1.82, 2.24) is 9.55 Å². The van der Waals surface area contributed by atoms with Crippen molar-refractivity contribution in [1.29, 1.82) is 0 Å². The van der Waals surface area contributed by atoms with Crippen LogP contribution < -0.4 is 5.56 Å². The minimum Gasteiger partial charge on any atom is -0.465 e. The zero-order valence-corrected chi connectivity index (χ0v) is 17.1. The van der Waals surface area contributed by atoms with E-state index < -0.39 is 4.75 Å². The molecule has 138 valence electrons. The third-order valence-electron chi connectivity index (χ3n) is 3.86. The number of aromatic nitrogens is 2. The second-order valence-electron chi connectivity index (χ2n) is 6.22. The SMILES string of the molecule is CCOC(=O)C(C)(C)Sc1nc2c(c(=O)n1-c1ccc(Cl)cc1)SCC2. The molecule has 0 unspecified atom stereocenters. The highest BCUT2D eigenvalue weighted by molar-refractivity contribution is 8.01. The van der Waals surface area contributed by atoms with E-state index in [1.54, 1.807) is 49.6 Å². The minimum absolute atomic E-state index is 0.109. The summed E-state index contributed by atoms with van der Waals surface area (Å²) in [6, 6.07) is 7.01. The first-order valence-electron chi connectivity index (χ1n) is 8.24. The number of hydrogen-bond acceptors (Lipinski definition) is 6. The Hall–Kier alpha value is -1.44. The van der Waals surface area contributed by atoms with E-state index in [0.717, 1.165) is 17.9 Å². The number of carbonyl (C=O) groups is 1. The van der Waals surface area contributed by atoms with Crippen LogP contribution in [-0.2, 0) is 16.0 Å². The summed E-state index contributed by atoms with van der Waals surface area (Å²) in [7, 11) is 0. The number of hydrogen-bond donors (Lipinski definition) is 0. The third-order valence-corrected chi connectivity index (χ3v) is 6.36. The summed E-state index contributed by atoms with van der Waals surface area (Å²) >= 11 is 8.74. The first kappa shape index (κ1) is 19.3. The molecule has 2 heterocycles. The summed E-state index contributed by atoms with van der Waals surface area (Å²) in [4.78, 5) is 30.8. The predicted octanol–water partition coefficient (Wildman–Crippen LogP) is 3.97. The Morgan fingerprint density at radius 1 is 1.38 bits per heavy atom. The molecule has 0 aliphatic carbocycles. The van der Waals surface area contributed by atoms with Gasteiger partial charge in [0.05, 0.1) is 22.9 Å². The van der Waals surface area contributed by atoms with Crippen LogP contribution in [0.1, 0.15) is 26.5 Å². The van der Waals surface area contributed by atoms with Gasteiger partial charge < -0.3 is 4.74 Å². The van der Waals surface area contributed by atoms with Crippen LogP contribution in [0.2, 0.25) is 5.02 Å². The van der Waals surface area contributed by atoms with Gasteiger partial charge in [-0.15, -0.1) is 11.8 Å². The number of rotatable bonds is 5. The number of aryl methyl sites for hydroxylation is 1. The van der Waals surface area contributed by atoms with Gasteiger partial charge in [-0.2, -0.15) is 0 Å². The lowest BCUT2D eigenvalue weighted by atomic mass is 10.2. The van der Waals surface area contributed by atoms with E-state index in [1.165, 1.54) is 23.5 Å². The molecule has 0 radical (unpaired) electrons.